The monoisotopic (exact) mass is 156 g/mol. The van der Waals surface area contributed by atoms with Crippen LogP contribution in [-0.2, 0) is 0 Å². The molecule has 0 aromatic rings. The molecular formula is C10H20O. The Kier molecular flexibility index (Phi) is 2.04. The summed E-state index contributed by atoms with van der Waals surface area (Å²) < 4.78 is 0. The molecule has 0 aromatic heterocycles. The van der Waals surface area contributed by atoms with Crippen molar-refractivity contribution in [2.45, 2.75) is 52.6 Å². The van der Waals surface area contributed by atoms with Crippen LogP contribution >= 0.6 is 0 Å². The highest BCUT2D eigenvalue weighted by molar-refractivity contribution is 4.94. The molecule has 1 aliphatic carbocycles. The second-order valence-electron chi connectivity index (χ2n) is 5.17. The van der Waals surface area contributed by atoms with E-state index in [0.717, 1.165) is 6.42 Å². The molecule has 1 fully saturated rings. The van der Waals surface area contributed by atoms with E-state index in [2.05, 4.69) is 20.8 Å². The van der Waals surface area contributed by atoms with Crippen molar-refractivity contribution in [1.82, 2.24) is 0 Å². The highest BCUT2D eigenvalue weighted by atomic mass is 16.3. The van der Waals surface area contributed by atoms with Gasteiger partial charge in [-0.05, 0) is 31.1 Å². The number of rotatable bonds is 0. The van der Waals surface area contributed by atoms with E-state index in [1.165, 1.54) is 12.8 Å². The van der Waals surface area contributed by atoms with Crippen LogP contribution < -0.4 is 0 Å². The maximum Gasteiger partial charge on any atom is 0.0652 e. The number of hydrogen-bond acceptors (Lipinski definition) is 1. The van der Waals surface area contributed by atoms with E-state index < -0.39 is 5.60 Å². The lowest BCUT2D eigenvalue weighted by Gasteiger charge is -2.36. The lowest BCUT2D eigenvalue weighted by Crippen LogP contribution is -2.37. The highest BCUT2D eigenvalue weighted by Crippen LogP contribution is 2.45. The van der Waals surface area contributed by atoms with E-state index in [-0.39, 0.29) is 5.41 Å². The van der Waals surface area contributed by atoms with Gasteiger partial charge in [0.15, 0.2) is 0 Å². The third-order valence-electron chi connectivity index (χ3n) is 2.97. The van der Waals surface area contributed by atoms with Crippen LogP contribution in [0.2, 0.25) is 0 Å². The van der Waals surface area contributed by atoms with Crippen LogP contribution in [0.15, 0.2) is 0 Å². The standard InChI is InChI=1S/C10H20O/c1-9(2,3)8-6-5-7-10(8,4)11/h8,11H,5-7H2,1-4H3/t8-,10-/m1/s1. The molecule has 0 aromatic carbocycles. The maximum absolute atomic E-state index is 9.99. The predicted octanol–water partition coefficient (Wildman–Crippen LogP) is 2.58. The Balaban J connectivity index is 2.73. The van der Waals surface area contributed by atoms with Gasteiger partial charge in [0, 0.05) is 0 Å². The molecule has 0 saturated heterocycles. The second-order valence-corrected chi connectivity index (χ2v) is 5.17. The van der Waals surface area contributed by atoms with E-state index in [1.54, 1.807) is 0 Å². The molecule has 2 atom stereocenters. The Morgan fingerprint density at radius 3 is 2.09 bits per heavy atom. The van der Waals surface area contributed by atoms with Gasteiger partial charge in [-0.1, -0.05) is 27.2 Å². The van der Waals surface area contributed by atoms with Gasteiger partial charge >= 0.3 is 0 Å². The molecular weight excluding hydrogens is 136 g/mol. The molecule has 0 amide bonds. The summed E-state index contributed by atoms with van der Waals surface area (Å²) in [6, 6.07) is 0. The smallest absolute Gasteiger partial charge is 0.0652 e. The highest BCUT2D eigenvalue weighted by Gasteiger charge is 2.43. The van der Waals surface area contributed by atoms with E-state index in [1.807, 2.05) is 6.92 Å². The van der Waals surface area contributed by atoms with Crippen LogP contribution in [0, 0.1) is 11.3 Å². The Labute approximate surface area is 69.8 Å². The van der Waals surface area contributed by atoms with Gasteiger partial charge < -0.3 is 5.11 Å². The third-order valence-corrected chi connectivity index (χ3v) is 2.97. The summed E-state index contributed by atoms with van der Waals surface area (Å²) >= 11 is 0. The lowest BCUT2D eigenvalue weighted by molar-refractivity contribution is -0.0238. The van der Waals surface area contributed by atoms with Crippen LogP contribution in [0.5, 0.6) is 0 Å². The van der Waals surface area contributed by atoms with Crippen molar-refractivity contribution in [3.05, 3.63) is 0 Å². The number of hydrogen-bond donors (Lipinski definition) is 1. The Bertz CT molecular complexity index is 141. The van der Waals surface area contributed by atoms with Crippen LogP contribution in [0.25, 0.3) is 0 Å². The minimum Gasteiger partial charge on any atom is -0.390 e. The van der Waals surface area contributed by atoms with Crippen LogP contribution in [0.3, 0.4) is 0 Å². The quantitative estimate of drug-likeness (QED) is 0.571. The topological polar surface area (TPSA) is 20.2 Å². The van der Waals surface area contributed by atoms with Gasteiger partial charge in [-0.3, -0.25) is 0 Å². The van der Waals surface area contributed by atoms with Crippen molar-refractivity contribution in [2.75, 3.05) is 0 Å². The third kappa shape index (κ3) is 1.76. The van der Waals surface area contributed by atoms with E-state index in [4.69, 9.17) is 0 Å². The molecule has 1 nitrogen and oxygen atoms in total. The SMILES string of the molecule is CC(C)(C)[C@H]1CCC[C@@]1(C)O. The van der Waals surface area contributed by atoms with Gasteiger partial charge in [-0.2, -0.15) is 0 Å². The summed E-state index contributed by atoms with van der Waals surface area (Å²) in [5.74, 6) is 0.481. The van der Waals surface area contributed by atoms with E-state index in [9.17, 15) is 5.11 Å². The summed E-state index contributed by atoms with van der Waals surface area (Å²) in [6.07, 6.45) is 3.36. The normalized spacial score (nSPS) is 39.5. The van der Waals surface area contributed by atoms with Gasteiger partial charge in [-0.15, -0.1) is 0 Å². The molecule has 0 bridgehead atoms. The largest absolute Gasteiger partial charge is 0.390 e. The Hall–Kier alpha value is -0.0400. The van der Waals surface area contributed by atoms with Crippen LogP contribution in [0.1, 0.15) is 47.0 Å². The summed E-state index contributed by atoms with van der Waals surface area (Å²) in [5.41, 5.74) is -0.141. The zero-order valence-corrected chi connectivity index (χ0v) is 8.15. The molecule has 11 heavy (non-hydrogen) atoms. The minimum absolute atomic E-state index is 0.264. The summed E-state index contributed by atoms with van der Waals surface area (Å²) in [5, 5.41) is 9.99. The van der Waals surface area contributed by atoms with Crippen molar-refractivity contribution in [3.63, 3.8) is 0 Å². The Morgan fingerprint density at radius 2 is 1.91 bits per heavy atom. The van der Waals surface area contributed by atoms with E-state index >= 15 is 0 Å². The molecule has 1 heteroatoms. The summed E-state index contributed by atoms with van der Waals surface area (Å²) in [6.45, 7) is 8.64. The van der Waals surface area contributed by atoms with Gasteiger partial charge in [-0.25, -0.2) is 0 Å². The van der Waals surface area contributed by atoms with Crippen molar-refractivity contribution < 1.29 is 5.11 Å². The van der Waals surface area contributed by atoms with Crippen LogP contribution in [-0.4, -0.2) is 10.7 Å². The fraction of sp³-hybridized carbons (Fsp3) is 1.00. The average molecular weight is 156 g/mol. The first kappa shape index (κ1) is 9.05. The van der Waals surface area contributed by atoms with Crippen molar-refractivity contribution >= 4 is 0 Å². The lowest BCUT2D eigenvalue weighted by atomic mass is 9.73. The zero-order chi connectivity index (χ0) is 8.70. The van der Waals surface area contributed by atoms with Gasteiger partial charge in [0.05, 0.1) is 5.60 Å². The Morgan fingerprint density at radius 1 is 1.36 bits per heavy atom. The average Bonchev–Trinajstić information content (AvgIpc) is 2.06. The summed E-state index contributed by atoms with van der Waals surface area (Å²) in [7, 11) is 0. The van der Waals surface area contributed by atoms with E-state index in [0.29, 0.717) is 5.92 Å². The molecule has 1 saturated carbocycles. The van der Waals surface area contributed by atoms with Crippen molar-refractivity contribution in [2.24, 2.45) is 11.3 Å². The molecule has 1 aliphatic rings. The number of aliphatic hydroxyl groups is 1. The molecule has 0 radical (unpaired) electrons. The summed E-state index contributed by atoms with van der Waals surface area (Å²) in [4.78, 5) is 0. The first-order valence-corrected chi connectivity index (χ1v) is 4.56. The first-order valence-electron chi connectivity index (χ1n) is 4.56. The molecule has 0 spiro atoms. The molecule has 66 valence electrons. The fourth-order valence-electron chi connectivity index (χ4n) is 2.52. The minimum atomic E-state index is -0.405. The van der Waals surface area contributed by atoms with Crippen molar-refractivity contribution in [3.8, 4) is 0 Å². The van der Waals surface area contributed by atoms with Gasteiger partial charge in [0.25, 0.3) is 0 Å². The molecule has 1 N–H and O–H groups in total. The molecule has 0 aliphatic heterocycles. The van der Waals surface area contributed by atoms with Gasteiger partial charge in [0.2, 0.25) is 0 Å². The molecule has 1 rings (SSSR count). The predicted molar refractivity (Wildman–Crippen MR) is 47.4 cm³/mol. The van der Waals surface area contributed by atoms with Gasteiger partial charge in [0.1, 0.15) is 0 Å². The zero-order valence-electron chi connectivity index (χ0n) is 8.15. The van der Waals surface area contributed by atoms with Crippen molar-refractivity contribution in [1.29, 1.82) is 0 Å². The first-order chi connectivity index (χ1) is 4.84. The molecule has 0 unspecified atom stereocenters. The maximum atomic E-state index is 9.99. The molecule has 0 heterocycles. The van der Waals surface area contributed by atoms with Crippen LogP contribution in [0.4, 0.5) is 0 Å². The fourth-order valence-corrected chi connectivity index (χ4v) is 2.52. The second kappa shape index (κ2) is 2.48.